The average Bonchev–Trinajstić information content (AvgIpc) is 2.52. The normalized spacial score (nSPS) is 17.8. The molecule has 4 heteroatoms. The number of hydrogen-bond acceptors (Lipinski definition) is 4. The van der Waals surface area contributed by atoms with Crippen LogP contribution in [0, 0.1) is 5.92 Å². The Morgan fingerprint density at radius 3 is 2.75 bits per heavy atom. The standard InChI is InChI=1S/C16H25NO3/c1-12(17-2)15-5-4-14(18-3)10-16(15)20-11-13-6-8-19-9-7-13/h4-5,10,12-13,17H,6-9,11H2,1-3H3. The van der Waals surface area contributed by atoms with Crippen LogP contribution in [0.25, 0.3) is 0 Å². The molecule has 1 fully saturated rings. The highest BCUT2D eigenvalue weighted by Gasteiger charge is 2.17. The highest BCUT2D eigenvalue weighted by atomic mass is 16.5. The van der Waals surface area contributed by atoms with Crippen molar-refractivity contribution in [3.8, 4) is 11.5 Å². The highest BCUT2D eigenvalue weighted by molar-refractivity contribution is 5.42. The predicted molar refractivity (Wildman–Crippen MR) is 79.5 cm³/mol. The lowest BCUT2D eigenvalue weighted by atomic mass is 10.0. The van der Waals surface area contributed by atoms with Crippen LogP contribution in [0.2, 0.25) is 0 Å². The van der Waals surface area contributed by atoms with Crippen molar-refractivity contribution in [1.29, 1.82) is 0 Å². The molecule has 112 valence electrons. The molecule has 0 aliphatic carbocycles. The first-order valence-electron chi connectivity index (χ1n) is 7.30. The van der Waals surface area contributed by atoms with Gasteiger partial charge >= 0.3 is 0 Å². The number of nitrogens with one attached hydrogen (secondary N) is 1. The van der Waals surface area contributed by atoms with Gasteiger partial charge in [0.1, 0.15) is 11.5 Å². The molecule has 1 N–H and O–H groups in total. The Hall–Kier alpha value is -1.26. The van der Waals surface area contributed by atoms with E-state index in [1.165, 1.54) is 5.56 Å². The van der Waals surface area contributed by atoms with E-state index in [0.29, 0.717) is 5.92 Å². The summed E-state index contributed by atoms with van der Waals surface area (Å²) < 4.78 is 16.7. The Kier molecular flexibility index (Phi) is 5.68. The largest absolute Gasteiger partial charge is 0.497 e. The maximum atomic E-state index is 6.07. The smallest absolute Gasteiger partial charge is 0.127 e. The summed E-state index contributed by atoms with van der Waals surface area (Å²) in [5.74, 6) is 2.34. The second-order valence-corrected chi connectivity index (χ2v) is 5.28. The Bertz CT molecular complexity index is 416. The van der Waals surface area contributed by atoms with E-state index in [-0.39, 0.29) is 6.04 Å². The molecule has 1 heterocycles. The number of methoxy groups -OCH3 is 1. The van der Waals surface area contributed by atoms with E-state index in [1.54, 1.807) is 7.11 Å². The maximum absolute atomic E-state index is 6.07. The van der Waals surface area contributed by atoms with Gasteiger partial charge in [0.15, 0.2) is 0 Å². The van der Waals surface area contributed by atoms with E-state index in [2.05, 4.69) is 18.3 Å². The van der Waals surface area contributed by atoms with Crippen LogP contribution in [-0.4, -0.2) is 34.0 Å². The average molecular weight is 279 g/mol. The van der Waals surface area contributed by atoms with Gasteiger partial charge in [-0.25, -0.2) is 0 Å². The van der Waals surface area contributed by atoms with E-state index in [1.807, 2.05) is 19.2 Å². The molecule has 1 aliphatic rings. The summed E-state index contributed by atoms with van der Waals surface area (Å²) in [4.78, 5) is 0. The van der Waals surface area contributed by atoms with Crippen molar-refractivity contribution >= 4 is 0 Å². The minimum atomic E-state index is 0.255. The van der Waals surface area contributed by atoms with E-state index in [9.17, 15) is 0 Å². The van der Waals surface area contributed by atoms with Gasteiger partial charge in [0.2, 0.25) is 0 Å². The summed E-state index contributed by atoms with van der Waals surface area (Å²) in [6, 6.07) is 6.28. The van der Waals surface area contributed by atoms with Crippen LogP contribution in [0.15, 0.2) is 18.2 Å². The van der Waals surface area contributed by atoms with Gasteiger partial charge < -0.3 is 19.5 Å². The van der Waals surface area contributed by atoms with Gasteiger partial charge in [-0.1, -0.05) is 6.07 Å². The molecule has 1 aromatic rings. The number of ether oxygens (including phenoxy) is 3. The lowest BCUT2D eigenvalue weighted by Gasteiger charge is -2.24. The number of benzene rings is 1. The Labute approximate surface area is 121 Å². The van der Waals surface area contributed by atoms with Gasteiger partial charge in [-0.15, -0.1) is 0 Å². The molecular weight excluding hydrogens is 254 g/mol. The van der Waals surface area contributed by atoms with E-state index in [0.717, 1.165) is 44.2 Å². The predicted octanol–water partition coefficient (Wildman–Crippen LogP) is 2.78. The Morgan fingerprint density at radius 2 is 2.10 bits per heavy atom. The third-order valence-electron chi connectivity index (χ3n) is 3.94. The van der Waals surface area contributed by atoms with Crippen LogP contribution in [0.5, 0.6) is 11.5 Å². The van der Waals surface area contributed by atoms with Crippen LogP contribution < -0.4 is 14.8 Å². The summed E-state index contributed by atoms with van der Waals surface area (Å²) >= 11 is 0. The molecule has 20 heavy (non-hydrogen) atoms. The lowest BCUT2D eigenvalue weighted by molar-refractivity contribution is 0.0495. The zero-order valence-corrected chi connectivity index (χ0v) is 12.6. The van der Waals surface area contributed by atoms with Crippen LogP contribution in [-0.2, 0) is 4.74 Å². The zero-order valence-electron chi connectivity index (χ0n) is 12.6. The van der Waals surface area contributed by atoms with Crippen LogP contribution in [0.3, 0.4) is 0 Å². The first kappa shape index (κ1) is 15.1. The molecule has 1 saturated heterocycles. The van der Waals surface area contributed by atoms with Crippen molar-refractivity contribution < 1.29 is 14.2 Å². The second kappa shape index (κ2) is 7.50. The number of rotatable bonds is 6. The SMILES string of the molecule is CNC(C)c1ccc(OC)cc1OCC1CCOCC1. The molecule has 1 atom stereocenters. The summed E-state index contributed by atoms with van der Waals surface area (Å²) in [6.07, 6.45) is 2.17. The highest BCUT2D eigenvalue weighted by Crippen LogP contribution is 2.30. The van der Waals surface area contributed by atoms with Crippen molar-refractivity contribution in [3.05, 3.63) is 23.8 Å². The summed E-state index contributed by atoms with van der Waals surface area (Å²) in [5, 5.41) is 3.26. The van der Waals surface area contributed by atoms with Crippen molar-refractivity contribution in [1.82, 2.24) is 5.32 Å². The van der Waals surface area contributed by atoms with E-state index >= 15 is 0 Å². The second-order valence-electron chi connectivity index (χ2n) is 5.28. The first-order chi connectivity index (χ1) is 9.74. The Balaban J connectivity index is 2.06. The molecule has 1 unspecified atom stereocenters. The third-order valence-corrected chi connectivity index (χ3v) is 3.94. The van der Waals surface area contributed by atoms with Crippen LogP contribution >= 0.6 is 0 Å². The molecule has 2 rings (SSSR count). The summed E-state index contributed by atoms with van der Waals surface area (Å²) in [7, 11) is 3.63. The summed E-state index contributed by atoms with van der Waals surface area (Å²) in [6.45, 7) is 4.58. The topological polar surface area (TPSA) is 39.7 Å². The zero-order chi connectivity index (χ0) is 14.4. The fraction of sp³-hybridized carbons (Fsp3) is 0.625. The minimum Gasteiger partial charge on any atom is -0.497 e. The molecule has 0 saturated carbocycles. The van der Waals surface area contributed by atoms with Gasteiger partial charge in [0.05, 0.1) is 13.7 Å². The molecule has 0 radical (unpaired) electrons. The summed E-state index contributed by atoms with van der Waals surface area (Å²) in [5.41, 5.74) is 1.17. The molecule has 1 aromatic carbocycles. The van der Waals surface area contributed by atoms with Gasteiger partial charge in [0, 0.05) is 30.9 Å². The molecule has 0 amide bonds. The first-order valence-corrected chi connectivity index (χ1v) is 7.30. The van der Waals surface area contributed by atoms with Crippen molar-refractivity contribution in [2.24, 2.45) is 5.92 Å². The molecule has 0 spiro atoms. The molecule has 0 bridgehead atoms. The van der Waals surface area contributed by atoms with E-state index < -0.39 is 0 Å². The van der Waals surface area contributed by atoms with Crippen molar-refractivity contribution in [3.63, 3.8) is 0 Å². The number of hydrogen-bond donors (Lipinski definition) is 1. The molecule has 0 aromatic heterocycles. The van der Waals surface area contributed by atoms with Crippen LogP contribution in [0.4, 0.5) is 0 Å². The van der Waals surface area contributed by atoms with Gasteiger partial charge in [-0.05, 0) is 38.8 Å². The molecular formula is C16H25NO3. The van der Waals surface area contributed by atoms with Gasteiger partial charge in [-0.3, -0.25) is 0 Å². The monoisotopic (exact) mass is 279 g/mol. The fourth-order valence-corrected chi connectivity index (χ4v) is 2.40. The lowest BCUT2D eigenvalue weighted by Crippen LogP contribution is -2.22. The van der Waals surface area contributed by atoms with Gasteiger partial charge in [-0.2, -0.15) is 0 Å². The molecule has 1 aliphatic heterocycles. The minimum absolute atomic E-state index is 0.255. The van der Waals surface area contributed by atoms with E-state index in [4.69, 9.17) is 14.2 Å². The fourth-order valence-electron chi connectivity index (χ4n) is 2.40. The van der Waals surface area contributed by atoms with Crippen molar-refractivity contribution in [2.45, 2.75) is 25.8 Å². The Morgan fingerprint density at radius 1 is 1.35 bits per heavy atom. The van der Waals surface area contributed by atoms with Crippen molar-refractivity contribution in [2.75, 3.05) is 34.0 Å². The quantitative estimate of drug-likeness (QED) is 0.869. The van der Waals surface area contributed by atoms with Crippen LogP contribution in [0.1, 0.15) is 31.4 Å². The van der Waals surface area contributed by atoms with Gasteiger partial charge in [0.25, 0.3) is 0 Å². The third kappa shape index (κ3) is 3.87. The molecule has 4 nitrogen and oxygen atoms in total. The maximum Gasteiger partial charge on any atom is 0.127 e.